The second-order valence-corrected chi connectivity index (χ2v) is 13.7. The fraction of sp³-hybridized carbons (Fsp3) is 0.459. The first kappa shape index (κ1) is 39.7. The highest BCUT2D eigenvalue weighted by Crippen LogP contribution is 2.35. The number of nitrogens with one attached hydrogen (secondary N) is 4. The molecule has 0 bridgehead atoms. The molecule has 19 heteroatoms. The highest BCUT2D eigenvalue weighted by molar-refractivity contribution is 5.87. The number of likely N-dealkylation sites (tertiary alicyclic amines) is 2. The summed E-state index contributed by atoms with van der Waals surface area (Å²) in [5.74, 6) is 0.0550. The van der Waals surface area contributed by atoms with E-state index < -0.39 is 60.3 Å². The Kier molecular flexibility index (Phi) is 12.2. The average molecular weight is 777 g/mol. The third kappa shape index (κ3) is 8.32. The number of hydrogen-bond donors (Lipinski definition) is 5. The topological polar surface area (TPSA) is 230 Å². The van der Waals surface area contributed by atoms with E-state index in [1.165, 1.54) is 33.6 Å². The highest BCUT2D eigenvalue weighted by atomic mass is 19.1. The third-order valence-corrected chi connectivity index (χ3v) is 10.3. The maximum atomic E-state index is 15.6. The summed E-state index contributed by atoms with van der Waals surface area (Å²) in [6.07, 6.45) is 5.64. The Morgan fingerprint density at radius 2 is 1.32 bits per heavy atom. The summed E-state index contributed by atoms with van der Waals surface area (Å²) >= 11 is 0. The van der Waals surface area contributed by atoms with Gasteiger partial charge in [0.25, 0.3) is 0 Å². The third-order valence-electron chi connectivity index (χ3n) is 10.3. The van der Waals surface area contributed by atoms with Gasteiger partial charge in [-0.05, 0) is 51.7 Å². The summed E-state index contributed by atoms with van der Waals surface area (Å²) < 4.78 is 31.0. The molecule has 0 spiro atoms. The van der Waals surface area contributed by atoms with Crippen LogP contribution < -0.4 is 10.6 Å². The van der Waals surface area contributed by atoms with Crippen molar-refractivity contribution in [1.29, 1.82) is 0 Å². The smallest absolute Gasteiger partial charge is 0.407 e. The Balaban J connectivity index is 1.13. The number of benzene rings is 1. The van der Waals surface area contributed by atoms with Crippen LogP contribution in [0.25, 0.3) is 33.9 Å². The molecule has 56 heavy (non-hydrogen) atoms. The molecule has 6 atom stereocenters. The van der Waals surface area contributed by atoms with Crippen LogP contribution in [-0.2, 0) is 23.8 Å². The van der Waals surface area contributed by atoms with Crippen LogP contribution in [0.5, 0.6) is 0 Å². The number of alkyl carbamates (subject to hydrolysis) is 1. The van der Waals surface area contributed by atoms with Gasteiger partial charge in [-0.3, -0.25) is 9.59 Å². The summed E-state index contributed by atoms with van der Waals surface area (Å²) in [6.45, 7) is 4.19. The zero-order chi connectivity index (χ0) is 40.1. The largest absolute Gasteiger partial charge is 0.465 e. The summed E-state index contributed by atoms with van der Waals surface area (Å²) in [5, 5.41) is 14.1. The molecule has 6 rings (SSSR count). The normalized spacial score (nSPS) is 19.0. The van der Waals surface area contributed by atoms with Gasteiger partial charge in [0.05, 0.1) is 55.2 Å². The Labute approximate surface area is 321 Å². The van der Waals surface area contributed by atoms with Crippen LogP contribution in [0.3, 0.4) is 0 Å². The second-order valence-electron chi connectivity index (χ2n) is 13.7. The highest BCUT2D eigenvalue weighted by Gasteiger charge is 2.40. The van der Waals surface area contributed by atoms with Crippen molar-refractivity contribution in [3.63, 3.8) is 0 Å². The van der Waals surface area contributed by atoms with Crippen molar-refractivity contribution in [2.45, 2.75) is 75.9 Å². The molecule has 0 aliphatic carbocycles. The number of carbonyl (C=O) groups excluding carboxylic acids is 3. The van der Waals surface area contributed by atoms with Gasteiger partial charge in [0, 0.05) is 56.4 Å². The van der Waals surface area contributed by atoms with E-state index in [0.717, 1.165) is 6.42 Å². The first-order chi connectivity index (χ1) is 26.9. The van der Waals surface area contributed by atoms with Gasteiger partial charge < -0.3 is 49.7 Å². The zero-order valence-corrected chi connectivity index (χ0v) is 31.6. The Hall–Kier alpha value is -5.95. The van der Waals surface area contributed by atoms with E-state index in [1.807, 2.05) is 0 Å². The van der Waals surface area contributed by atoms with Crippen LogP contribution in [0.2, 0.25) is 0 Å². The van der Waals surface area contributed by atoms with Crippen LogP contribution in [0, 0.1) is 5.82 Å². The Morgan fingerprint density at radius 3 is 1.84 bits per heavy atom. The fourth-order valence-corrected chi connectivity index (χ4v) is 7.12. The first-order valence-electron chi connectivity index (χ1n) is 18.2. The molecule has 0 radical (unpaired) electrons. The summed E-state index contributed by atoms with van der Waals surface area (Å²) in [7, 11) is 4.08. The van der Waals surface area contributed by atoms with Crippen LogP contribution >= 0.6 is 0 Å². The van der Waals surface area contributed by atoms with Crippen LogP contribution in [0.4, 0.5) is 14.0 Å². The van der Waals surface area contributed by atoms with Gasteiger partial charge in [0.15, 0.2) is 5.82 Å². The number of nitrogens with zero attached hydrogens (tertiary/aromatic N) is 6. The molecule has 5 N–H and O–H groups in total. The summed E-state index contributed by atoms with van der Waals surface area (Å²) in [6, 6.07) is 1.78. The van der Waals surface area contributed by atoms with Crippen LogP contribution in [-0.4, -0.2) is 128 Å². The number of carbonyl (C=O) groups is 4. The molecule has 2 aliphatic rings. The maximum absolute atomic E-state index is 15.6. The Bertz CT molecular complexity index is 2040. The lowest BCUT2D eigenvalue weighted by molar-refractivity contribution is -0.138. The van der Waals surface area contributed by atoms with Crippen molar-refractivity contribution in [2.75, 3.05) is 34.4 Å². The number of ether oxygens (including phenoxy) is 3. The van der Waals surface area contributed by atoms with E-state index in [2.05, 4.69) is 40.5 Å². The van der Waals surface area contributed by atoms with E-state index in [-0.39, 0.29) is 11.5 Å². The van der Waals surface area contributed by atoms with Gasteiger partial charge in [-0.15, -0.1) is 0 Å². The van der Waals surface area contributed by atoms with E-state index in [0.29, 0.717) is 72.3 Å². The number of aromatic nitrogens is 6. The van der Waals surface area contributed by atoms with Gasteiger partial charge in [-0.25, -0.2) is 33.9 Å². The minimum Gasteiger partial charge on any atom is -0.465 e. The molecule has 2 fully saturated rings. The van der Waals surface area contributed by atoms with Crippen LogP contribution in [0.1, 0.15) is 63.3 Å². The number of amides is 4. The monoisotopic (exact) mass is 776 g/mol. The van der Waals surface area contributed by atoms with E-state index in [9.17, 15) is 24.3 Å². The fourth-order valence-electron chi connectivity index (χ4n) is 7.12. The molecule has 4 aromatic rings. The molecule has 1 aromatic carbocycles. The van der Waals surface area contributed by atoms with Gasteiger partial charge in [-0.2, -0.15) is 0 Å². The Morgan fingerprint density at radius 1 is 0.786 bits per heavy atom. The van der Waals surface area contributed by atoms with Gasteiger partial charge in [0.2, 0.25) is 11.8 Å². The van der Waals surface area contributed by atoms with Gasteiger partial charge in [0.1, 0.15) is 29.5 Å². The lowest BCUT2D eigenvalue weighted by Crippen LogP contribution is -2.54. The van der Waals surface area contributed by atoms with Crippen molar-refractivity contribution in [3.8, 4) is 33.9 Å². The average Bonchev–Trinajstić information content (AvgIpc) is 4.05. The van der Waals surface area contributed by atoms with Crippen molar-refractivity contribution in [1.82, 2.24) is 50.3 Å². The molecular formula is C37H45FN10O8. The number of rotatable bonds is 13. The lowest BCUT2D eigenvalue weighted by Gasteiger charge is -2.30. The molecule has 2 saturated heterocycles. The maximum Gasteiger partial charge on any atom is 0.407 e. The zero-order valence-electron chi connectivity index (χ0n) is 31.6. The minimum atomic E-state index is -1.32. The number of carboxylic acid groups (broad SMARTS) is 1. The number of hydrogen-bond acceptors (Lipinski definition) is 11. The lowest BCUT2D eigenvalue weighted by atomic mass is 10.1. The predicted molar refractivity (Wildman–Crippen MR) is 197 cm³/mol. The number of methoxy groups -OCH3 is 3. The molecule has 0 saturated carbocycles. The van der Waals surface area contributed by atoms with Crippen molar-refractivity contribution in [3.05, 3.63) is 60.5 Å². The van der Waals surface area contributed by atoms with Crippen molar-refractivity contribution < 1.29 is 42.9 Å². The van der Waals surface area contributed by atoms with E-state index >= 15 is 4.39 Å². The van der Waals surface area contributed by atoms with Crippen molar-refractivity contribution in [2.24, 2.45) is 0 Å². The summed E-state index contributed by atoms with van der Waals surface area (Å²) in [5.41, 5.74) is 2.37. The number of H-pyrrole nitrogens is 2. The SMILES string of the molecule is COC(=O)N[C@H](C(=O)N1CCC[C@H]1c1ncc(-c2ccc(-c3ncc(-c4cnc([C@@H]5CCCN5C(=O)[C@@H](NC(=O)O)[C@@H](C)OC)[nH]4)cn3)cc2F)[nH]1)[C@@H](C)OC. The molecule has 3 aromatic heterocycles. The molecule has 5 heterocycles. The first-order valence-corrected chi connectivity index (χ1v) is 18.2. The molecule has 2 aliphatic heterocycles. The standard InChI is InChI=1S/C37H45FN10O8/c1-19(54-3)29(45-36(51)52)34(49)47-12-6-8-27(47)32-41-17-25(43-32)22-15-39-31(40-16-22)21-10-11-23(24(38)14-21)26-18-42-33(44-26)28-9-7-13-48(28)35(50)30(20(2)55-4)46-37(53)56-5/h10-11,14-20,27-30,45H,6-9,12-13H2,1-5H3,(H,41,43)(H,42,44)(H,46,53)(H,51,52)/t19-,20-,27+,28+,29+,30+/m1/s1. The van der Waals surface area contributed by atoms with Gasteiger partial charge >= 0.3 is 12.2 Å². The minimum absolute atomic E-state index is 0.268. The van der Waals surface area contributed by atoms with Crippen molar-refractivity contribution >= 4 is 24.0 Å². The predicted octanol–water partition coefficient (Wildman–Crippen LogP) is 3.82. The van der Waals surface area contributed by atoms with E-state index in [4.69, 9.17) is 14.2 Å². The number of imidazole rings is 2. The quantitative estimate of drug-likeness (QED) is 0.131. The molecule has 0 unspecified atom stereocenters. The second kappa shape index (κ2) is 17.2. The molecule has 298 valence electrons. The van der Waals surface area contributed by atoms with Crippen LogP contribution in [0.15, 0.2) is 43.0 Å². The number of aromatic amines is 2. The molecule has 4 amide bonds. The number of halogens is 1. The van der Waals surface area contributed by atoms with Gasteiger partial charge in [-0.1, -0.05) is 6.07 Å². The molecule has 18 nitrogen and oxygen atoms in total. The molecular weight excluding hydrogens is 731 g/mol. The summed E-state index contributed by atoms with van der Waals surface area (Å²) in [4.78, 5) is 78.0. The van der Waals surface area contributed by atoms with E-state index in [1.54, 1.807) is 54.4 Å².